The minimum absolute atomic E-state index is 0.103. The van der Waals surface area contributed by atoms with Crippen LogP contribution in [0.4, 0.5) is 0 Å². The number of carbonyl (C=O) groups is 4. The van der Waals surface area contributed by atoms with Crippen molar-refractivity contribution < 1.29 is 80.2 Å². The van der Waals surface area contributed by atoms with Crippen molar-refractivity contribution in [2.45, 2.75) is 362 Å². The summed E-state index contributed by atoms with van der Waals surface area (Å²) in [5.74, 6) is -0.644. The van der Waals surface area contributed by atoms with Crippen LogP contribution in [0.5, 0.6) is 0 Å². The number of carbonyl (C=O) groups excluding carboxylic acids is 4. The van der Waals surface area contributed by atoms with Gasteiger partial charge in [0.1, 0.15) is 19.3 Å². The van der Waals surface area contributed by atoms with Crippen molar-refractivity contribution in [1.29, 1.82) is 0 Å². The molecule has 17 nitrogen and oxygen atoms in total. The topological polar surface area (TPSA) is 237 Å². The van der Waals surface area contributed by atoms with E-state index in [9.17, 15) is 43.2 Å². The number of esters is 4. The van der Waals surface area contributed by atoms with E-state index in [4.69, 9.17) is 37.0 Å². The Morgan fingerprint density at radius 2 is 0.586 bits per heavy atom. The molecule has 0 saturated heterocycles. The van der Waals surface area contributed by atoms with Crippen LogP contribution in [0, 0.1) is 11.8 Å². The SMILES string of the molecule is CCCCCCCCCCCCCCCCC(=O)OC[C@H](COP(=O)(O)OC[C@@H](O)COP(=O)(O)OC[C@@H](COC(=O)CCCCCCCCCCC)OC(=O)CCCCCCCCC(C)CC)OC(=O)CCCCCCCCCCCCCC(C)C. The lowest BCUT2D eigenvalue weighted by Gasteiger charge is -2.21. The molecule has 0 bridgehead atoms. The highest BCUT2D eigenvalue weighted by molar-refractivity contribution is 7.47. The van der Waals surface area contributed by atoms with Crippen molar-refractivity contribution in [3.05, 3.63) is 0 Å². The van der Waals surface area contributed by atoms with E-state index >= 15 is 0 Å². The summed E-state index contributed by atoms with van der Waals surface area (Å²) in [6.07, 6.45) is 44.4. The van der Waals surface area contributed by atoms with Gasteiger partial charge >= 0.3 is 39.5 Å². The Morgan fingerprint density at radius 1 is 0.333 bits per heavy atom. The average molecular weight is 1280 g/mol. The van der Waals surface area contributed by atoms with Crippen molar-refractivity contribution in [3.63, 3.8) is 0 Å². The Labute approximate surface area is 530 Å². The van der Waals surface area contributed by atoms with Crippen LogP contribution in [0.25, 0.3) is 0 Å². The normalized spacial score (nSPS) is 14.5. The Bertz CT molecular complexity index is 1700. The Morgan fingerprint density at radius 3 is 0.874 bits per heavy atom. The third kappa shape index (κ3) is 61.3. The van der Waals surface area contributed by atoms with Gasteiger partial charge in [-0.15, -0.1) is 0 Å². The zero-order valence-corrected chi connectivity index (χ0v) is 58.1. The molecule has 0 aromatic heterocycles. The van der Waals surface area contributed by atoms with Crippen LogP contribution in [-0.4, -0.2) is 96.7 Å². The molecule has 0 heterocycles. The predicted molar refractivity (Wildman–Crippen MR) is 349 cm³/mol. The van der Waals surface area contributed by atoms with E-state index in [-0.39, 0.29) is 25.7 Å². The molecule has 0 fully saturated rings. The van der Waals surface area contributed by atoms with Crippen LogP contribution >= 0.6 is 15.6 Å². The van der Waals surface area contributed by atoms with E-state index in [0.29, 0.717) is 25.7 Å². The summed E-state index contributed by atoms with van der Waals surface area (Å²) in [5, 5.41) is 10.6. The molecule has 19 heteroatoms. The summed E-state index contributed by atoms with van der Waals surface area (Å²) >= 11 is 0. The van der Waals surface area contributed by atoms with Gasteiger partial charge in [-0.2, -0.15) is 0 Å². The molecule has 0 aliphatic carbocycles. The molecule has 0 saturated carbocycles. The highest BCUT2D eigenvalue weighted by atomic mass is 31.2. The van der Waals surface area contributed by atoms with Crippen molar-refractivity contribution in [3.8, 4) is 0 Å². The van der Waals surface area contributed by atoms with Gasteiger partial charge in [0, 0.05) is 25.7 Å². The van der Waals surface area contributed by atoms with Gasteiger partial charge in [-0.25, -0.2) is 9.13 Å². The number of unbranched alkanes of at least 4 members (excludes halogenated alkanes) is 36. The largest absolute Gasteiger partial charge is 0.472 e. The number of rotatable bonds is 67. The van der Waals surface area contributed by atoms with Crippen LogP contribution < -0.4 is 0 Å². The number of phosphoric acid groups is 2. The minimum Gasteiger partial charge on any atom is -0.462 e. The van der Waals surface area contributed by atoms with Gasteiger partial charge in [0.15, 0.2) is 12.2 Å². The summed E-state index contributed by atoms with van der Waals surface area (Å²) in [7, 11) is -9.89. The molecule has 6 atom stereocenters. The molecule has 0 aromatic rings. The maximum atomic E-state index is 13.0. The molecule has 87 heavy (non-hydrogen) atoms. The first kappa shape index (κ1) is 85.1. The third-order valence-electron chi connectivity index (χ3n) is 16.1. The fraction of sp³-hybridized carbons (Fsp3) is 0.941. The quantitative estimate of drug-likeness (QED) is 0.0222. The second-order valence-electron chi connectivity index (χ2n) is 25.3. The van der Waals surface area contributed by atoms with Gasteiger partial charge in [0.05, 0.1) is 26.4 Å². The fourth-order valence-corrected chi connectivity index (χ4v) is 11.8. The second-order valence-corrected chi connectivity index (χ2v) is 28.2. The number of hydrogen-bond acceptors (Lipinski definition) is 15. The number of hydrogen-bond donors (Lipinski definition) is 3. The predicted octanol–water partition coefficient (Wildman–Crippen LogP) is 19.2. The van der Waals surface area contributed by atoms with Crippen LogP contribution in [0.2, 0.25) is 0 Å². The van der Waals surface area contributed by atoms with Crippen LogP contribution in [-0.2, 0) is 65.4 Å². The zero-order chi connectivity index (χ0) is 64.3. The van der Waals surface area contributed by atoms with Gasteiger partial charge in [0.2, 0.25) is 0 Å². The Balaban J connectivity index is 5.24. The molecule has 0 radical (unpaired) electrons. The molecule has 516 valence electrons. The maximum absolute atomic E-state index is 13.0. The number of ether oxygens (including phenoxy) is 4. The van der Waals surface area contributed by atoms with Crippen LogP contribution in [0.15, 0.2) is 0 Å². The lowest BCUT2D eigenvalue weighted by molar-refractivity contribution is -0.161. The summed E-state index contributed by atoms with van der Waals surface area (Å²) in [6.45, 7) is 9.47. The first-order chi connectivity index (χ1) is 41.9. The number of aliphatic hydroxyl groups excluding tert-OH is 1. The first-order valence-corrected chi connectivity index (χ1v) is 38.5. The smallest absolute Gasteiger partial charge is 0.462 e. The lowest BCUT2D eigenvalue weighted by atomic mass is 10.00. The van der Waals surface area contributed by atoms with Crippen molar-refractivity contribution in [1.82, 2.24) is 0 Å². The monoisotopic (exact) mass is 1280 g/mol. The van der Waals surface area contributed by atoms with E-state index in [0.717, 1.165) is 102 Å². The third-order valence-corrected chi connectivity index (χ3v) is 18.0. The summed E-state index contributed by atoms with van der Waals surface area (Å²) in [5.41, 5.74) is 0. The zero-order valence-electron chi connectivity index (χ0n) is 56.3. The molecule has 0 amide bonds. The Kier molecular flexibility index (Phi) is 59.0. The van der Waals surface area contributed by atoms with Crippen LogP contribution in [0.1, 0.15) is 343 Å². The second kappa shape index (κ2) is 60.3. The number of phosphoric ester groups is 2. The van der Waals surface area contributed by atoms with E-state index in [1.165, 1.54) is 161 Å². The summed E-state index contributed by atoms with van der Waals surface area (Å²) < 4.78 is 68.2. The van der Waals surface area contributed by atoms with E-state index < -0.39 is 97.5 Å². The molecule has 3 unspecified atom stereocenters. The van der Waals surface area contributed by atoms with Gasteiger partial charge < -0.3 is 33.8 Å². The van der Waals surface area contributed by atoms with Gasteiger partial charge in [0.25, 0.3) is 0 Å². The molecule has 0 aliphatic rings. The van der Waals surface area contributed by atoms with Gasteiger partial charge in [-0.3, -0.25) is 37.3 Å². The van der Waals surface area contributed by atoms with E-state index in [1.807, 2.05) is 0 Å². The van der Waals surface area contributed by atoms with E-state index in [2.05, 4.69) is 41.5 Å². The number of aliphatic hydroxyl groups is 1. The fourth-order valence-electron chi connectivity index (χ4n) is 10.2. The lowest BCUT2D eigenvalue weighted by Crippen LogP contribution is -2.30. The average Bonchev–Trinajstić information content (AvgIpc) is 3.56. The molecular weight excluding hydrogens is 1150 g/mol. The summed E-state index contributed by atoms with van der Waals surface area (Å²) in [4.78, 5) is 72.4. The highest BCUT2D eigenvalue weighted by Crippen LogP contribution is 2.45. The Hall–Kier alpha value is -1.94. The molecule has 3 N–H and O–H groups in total. The molecular formula is C68H132O17P2. The maximum Gasteiger partial charge on any atom is 0.472 e. The van der Waals surface area contributed by atoms with Gasteiger partial charge in [-0.1, -0.05) is 292 Å². The molecule has 0 rings (SSSR count). The highest BCUT2D eigenvalue weighted by Gasteiger charge is 2.30. The molecule has 0 aliphatic heterocycles. The standard InChI is InChI=1S/C68H132O17P2/c1-7-10-12-14-16-18-19-20-21-24-28-32-39-45-51-66(71)79-56-63(84-67(72)52-46-40-33-29-25-22-23-27-30-36-42-48-60(4)5)58-82-86(74,75)80-54-62(69)55-81-87(76,77)83-59-64(57-78-65(70)50-44-38-31-26-17-15-13-11-8-2)85-68(73)53-47-41-35-34-37-43-49-61(6)9-3/h60-64,69H,7-59H2,1-6H3,(H,74,75)(H,76,77)/t61?,62-,63-,64-/m1/s1. The first-order valence-electron chi connectivity index (χ1n) is 35.5. The minimum atomic E-state index is -4.95. The van der Waals surface area contributed by atoms with Crippen molar-refractivity contribution in [2.24, 2.45) is 11.8 Å². The van der Waals surface area contributed by atoms with Crippen LogP contribution in [0.3, 0.4) is 0 Å². The van der Waals surface area contributed by atoms with E-state index in [1.54, 1.807) is 0 Å². The molecule has 0 aromatic carbocycles. The summed E-state index contributed by atoms with van der Waals surface area (Å²) in [6, 6.07) is 0. The van der Waals surface area contributed by atoms with Crippen molar-refractivity contribution >= 4 is 39.5 Å². The van der Waals surface area contributed by atoms with Gasteiger partial charge in [-0.05, 0) is 37.5 Å². The molecule has 0 spiro atoms. The van der Waals surface area contributed by atoms with Crippen molar-refractivity contribution in [2.75, 3.05) is 39.6 Å².